The van der Waals surface area contributed by atoms with Crippen LogP contribution in [0.2, 0.25) is 0 Å². The molecular weight excluding hydrogens is 486 g/mol. The SMILES string of the molecule is COC(=O)c1ccc2c(c1)c(CNC1CCCN(C(=O)c3ccc(C(C)(C)C)cc3)C1)cn2-c1ccccc1. The number of rotatable bonds is 6. The Hall–Kier alpha value is -3.90. The van der Waals surface area contributed by atoms with Gasteiger partial charge < -0.3 is 19.5 Å². The Balaban J connectivity index is 1.33. The van der Waals surface area contributed by atoms with Crippen LogP contribution in [0.1, 0.15) is 65.5 Å². The van der Waals surface area contributed by atoms with Gasteiger partial charge in [-0.25, -0.2) is 4.79 Å². The first-order valence-corrected chi connectivity index (χ1v) is 13.7. The molecule has 4 aromatic rings. The van der Waals surface area contributed by atoms with Crippen molar-refractivity contribution in [3.05, 3.63) is 101 Å². The van der Waals surface area contributed by atoms with Crippen molar-refractivity contribution in [3.8, 4) is 5.69 Å². The van der Waals surface area contributed by atoms with Crippen molar-refractivity contribution in [3.63, 3.8) is 0 Å². The minimum Gasteiger partial charge on any atom is -0.465 e. The second kappa shape index (κ2) is 11.1. The van der Waals surface area contributed by atoms with Crippen molar-refractivity contribution in [1.82, 2.24) is 14.8 Å². The summed E-state index contributed by atoms with van der Waals surface area (Å²) in [7, 11) is 1.40. The fraction of sp³-hybridized carbons (Fsp3) is 0.333. The molecule has 1 aliphatic heterocycles. The number of piperidine rings is 1. The van der Waals surface area contributed by atoms with Crippen LogP contribution in [0.3, 0.4) is 0 Å². The van der Waals surface area contributed by atoms with Gasteiger partial charge in [-0.3, -0.25) is 4.79 Å². The number of methoxy groups -OCH3 is 1. The molecule has 0 saturated carbocycles. The molecule has 1 aliphatic rings. The third kappa shape index (κ3) is 5.76. The van der Waals surface area contributed by atoms with Gasteiger partial charge >= 0.3 is 5.97 Å². The third-order valence-electron chi connectivity index (χ3n) is 7.63. The van der Waals surface area contributed by atoms with Gasteiger partial charge in [0.1, 0.15) is 0 Å². The van der Waals surface area contributed by atoms with Crippen LogP contribution in [0.5, 0.6) is 0 Å². The van der Waals surface area contributed by atoms with Crippen molar-refractivity contribution in [2.24, 2.45) is 0 Å². The number of hydrogen-bond donors (Lipinski definition) is 1. The largest absolute Gasteiger partial charge is 0.465 e. The number of nitrogens with zero attached hydrogens (tertiary/aromatic N) is 2. The summed E-state index contributed by atoms with van der Waals surface area (Å²) in [6.07, 6.45) is 4.11. The number of ether oxygens (including phenoxy) is 1. The molecule has 0 spiro atoms. The predicted octanol–water partition coefficient (Wildman–Crippen LogP) is 6.11. The maximum Gasteiger partial charge on any atom is 0.337 e. The molecule has 1 aromatic heterocycles. The third-order valence-corrected chi connectivity index (χ3v) is 7.63. The number of aromatic nitrogens is 1. The van der Waals surface area contributed by atoms with Crippen LogP contribution in [-0.4, -0.2) is 47.6 Å². The number of amides is 1. The van der Waals surface area contributed by atoms with Crippen LogP contribution >= 0.6 is 0 Å². The van der Waals surface area contributed by atoms with Crippen LogP contribution in [0.4, 0.5) is 0 Å². The van der Waals surface area contributed by atoms with E-state index in [2.05, 4.69) is 61.1 Å². The molecule has 6 heteroatoms. The maximum atomic E-state index is 13.3. The Morgan fingerprint density at radius 2 is 1.69 bits per heavy atom. The quantitative estimate of drug-likeness (QED) is 0.310. The van der Waals surface area contributed by atoms with Crippen LogP contribution in [0.15, 0.2) is 79.0 Å². The first kappa shape index (κ1) is 26.7. The summed E-state index contributed by atoms with van der Waals surface area (Å²) < 4.78 is 7.12. The number of fused-ring (bicyclic) bond motifs is 1. The topological polar surface area (TPSA) is 63.6 Å². The van der Waals surface area contributed by atoms with E-state index in [0.29, 0.717) is 18.7 Å². The summed E-state index contributed by atoms with van der Waals surface area (Å²) in [5.74, 6) is -0.259. The molecule has 1 amide bonds. The molecule has 6 nitrogen and oxygen atoms in total. The first-order chi connectivity index (χ1) is 18.7. The zero-order valence-corrected chi connectivity index (χ0v) is 23.2. The van der Waals surface area contributed by atoms with Crippen LogP contribution in [0.25, 0.3) is 16.6 Å². The second-order valence-electron chi connectivity index (χ2n) is 11.4. The Kier molecular flexibility index (Phi) is 7.58. The Morgan fingerprint density at radius 3 is 2.38 bits per heavy atom. The molecule has 0 bridgehead atoms. The van der Waals surface area contributed by atoms with E-state index in [-0.39, 0.29) is 23.3 Å². The summed E-state index contributed by atoms with van der Waals surface area (Å²) in [6.45, 7) is 8.61. The molecule has 2 heterocycles. The molecule has 1 N–H and O–H groups in total. The highest BCUT2D eigenvalue weighted by atomic mass is 16.5. The molecule has 202 valence electrons. The molecule has 1 saturated heterocycles. The van der Waals surface area contributed by atoms with E-state index in [1.165, 1.54) is 12.7 Å². The molecule has 1 unspecified atom stereocenters. The summed E-state index contributed by atoms with van der Waals surface area (Å²) in [5, 5.41) is 4.71. The fourth-order valence-electron chi connectivity index (χ4n) is 5.36. The van der Waals surface area contributed by atoms with E-state index < -0.39 is 0 Å². The lowest BCUT2D eigenvalue weighted by atomic mass is 9.86. The lowest BCUT2D eigenvalue weighted by molar-refractivity contribution is 0.0600. The molecule has 5 rings (SSSR count). The van der Waals surface area contributed by atoms with Crippen molar-refractivity contribution < 1.29 is 14.3 Å². The van der Waals surface area contributed by atoms with E-state index in [1.54, 1.807) is 0 Å². The van der Waals surface area contributed by atoms with Crippen LogP contribution in [-0.2, 0) is 16.7 Å². The zero-order chi connectivity index (χ0) is 27.6. The maximum absolute atomic E-state index is 13.3. The minimum atomic E-state index is -0.347. The molecule has 1 atom stereocenters. The average Bonchev–Trinajstić information content (AvgIpc) is 3.33. The van der Waals surface area contributed by atoms with Crippen molar-refractivity contribution in [2.75, 3.05) is 20.2 Å². The van der Waals surface area contributed by atoms with Gasteiger partial charge in [-0.05, 0) is 71.8 Å². The van der Waals surface area contributed by atoms with Crippen LogP contribution in [0, 0.1) is 0 Å². The summed E-state index contributed by atoms with van der Waals surface area (Å²) in [5.41, 5.74) is 5.75. The number of nitrogens with one attached hydrogen (secondary N) is 1. The Bertz CT molecular complexity index is 1470. The lowest BCUT2D eigenvalue weighted by Gasteiger charge is -2.33. The number of benzene rings is 3. The highest BCUT2D eigenvalue weighted by Gasteiger charge is 2.25. The molecule has 0 aliphatic carbocycles. The van der Waals surface area contributed by atoms with Gasteiger partial charge in [-0.15, -0.1) is 0 Å². The molecule has 0 radical (unpaired) electrons. The highest BCUT2D eigenvalue weighted by Crippen LogP contribution is 2.27. The highest BCUT2D eigenvalue weighted by molar-refractivity contribution is 5.96. The van der Waals surface area contributed by atoms with Gasteiger partial charge in [-0.1, -0.05) is 51.1 Å². The van der Waals surface area contributed by atoms with E-state index in [0.717, 1.165) is 47.1 Å². The number of hydrogen-bond acceptors (Lipinski definition) is 4. The van der Waals surface area contributed by atoms with Crippen molar-refractivity contribution in [1.29, 1.82) is 0 Å². The normalized spacial score (nSPS) is 15.9. The number of carbonyl (C=O) groups is 2. The summed E-state index contributed by atoms with van der Waals surface area (Å²) in [4.78, 5) is 27.5. The Morgan fingerprint density at radius 1 is 0.974 bits per heavy atom. The molecular formula is C33H37N3O3. The van der Waals surface area contributed by atoms with Gasteiger partial charge in [0.05, 0.1) is 18.2 Å². The Labute approximate surface area is 230 Å². The van der Waals surface area contributed by atoms with Gasteiger partial charge in [-0.2, -0.15) is 0 Å². The number of likely N-dealkylation sites (tertiary alicyclic amines) is 1. The fourth-order valence-corrected chi connectivity index (χ4v) is 5.36. The van der Waals surface area contributed by atoms with Gasteiger partial charge in [0.25, 0.3) is 5.91 Å². The molecule has 39 heavy (non-hydrogen) atoms. The van der Waals surface area contributed by atoms with Gasteiger partial charge in [0.15, 0.2) is 0 Å². The van der Waals surface area contributed by atoms with Crippen molar-refractivity contribution >= 4 is 22.8 Å². The molecule has 3 aromatic carbocycles. The smallest absolute Gasteiger partial charge is 0.337 e. The second-order valence-corrected chi connectivity index (χ2v) is 11.4. The van der Waals surface area contributed by atoms with E-state index in [9.17, 15) is 9.59 Å². The van der Waals surface area contributed by atoms with Crippen molar-refractivity contribution in [2.45, 2.75) is 51.6 Å². The van der Waals surface area contributed by atoms with E-state index in [1.807, 2.05) is 53.4 Å². The summed E-state index contributed by atoms with van der Waals surface area (Å²) in [6, 6.07) is 24.1. The standard InChI is InChI=1S/C33H37N3O3/c1-33(2,3)26-15-12-23(13-16-26)31(37)35-18-8-9-27(22-35)34-20-25-21-36(28-10-6-5-7-11-28)30-17-14-24(19-29(25)30)32(38)39-4/h5-7,10-17,19,21,27,34H,8-9,18,20,22H2,1-4H3. The number of carbonyl (C=O) groups excluding carboxylic acids is 2. The number of esters is 1. The lowest BCUT2D eigenvalue weighted by Crippen LogP contribution is -2.47. The number of para-hydroxylation sites is 1. The summed E-state index contributed by atoms with van der Waals surface area (Å²) >= 11 is 0. The average molecular weight is 524 g/mol. The van der Waals surface area contributed by atoms with E-state index in [4.69, 9.17) is 4.74 Å². The minimum absolute atomic E-state index is 0.0585. The predicted molar refractivity (Wildman–Crippen MR) is 156 cm³/mol. The van der Waals surface area contributed by atoms with E-state index >= 15 is 0 Å². The van der Waals surface area contributed by atoms with Gasteiger partial charge in [0.2, 0.25) is 0 Å². The van der Waals surface area contributed by atoms with Gasteiger partial charge in [0, 0.05) is 48.5 Å². The first-order valence-electron chi connectivity index (χ1n) is 13.7. The van der Waals surface area contributed by atoms with Crippen LogP contribution < -0.4 is 5.32 Å². The molecule has 1 fully saturated rings. The zero-order valence-electron chi connectivity index (χ0n) is 23.2. The monoisotopic (exact) mass is 523 g/mol.